The topological polar surface area (TPSA) is 46.3 Å². The molecule has 0 aliphatic carbocycles. The number of likely N-dealkylation sites (tertiary alicyclic amines) is 1. The number of aromatic nitrogens is 1. The number of piperidine rings is 1. The average molecular weight is 332 g/mol. The van der Waals surface area contributed by atoms with Crippen LogP contribution in [0.15, 0.2) is 71.3 Å². The molecule has 126 valence electrons. The highest BCUT2D eigenvalue weighted by Gasteiger charge is 2.26. The fraction of sp³-hybridized carbons (Fsp3) is 0.238. The number of amides is 1. The van der Waals surface area contributed by atoms with E-state index in [1.165, 1.54) is 5.56 Å². The van der Waals surface area contributed by atoms with Crippen LogP contribution >= 0.6 is 0 Å². The minimum Gasteiger partial charge on any atom is -0.350 e. The van der Waals surface area contributed by atoms with Crippen LogP contribution in [0.5, 0.6) is 0 Å². The maximum atomic E-state index is 12.7. The summed E-state index contributed by atoms with van der Waals surface area (Å²) in [7, 11) is 0. The number of benzene rings is 2. The number of hydrogen-bond acceptors (Lipinski definition) is 3. The fourth-order valence-corrected chi connectivity index (χ4v) is 3.42. The van der Waals surface area contributed by atoms with Crippen LogP contribution in [0.2, 0.25) is 0 Å². The lowest BCUT2D eigenvalue weighted by Crippen LogP contribution is -2.37. The van der Waals surface area contributed by atoms with Crippen LogP contribution in [0.3, 0.4) is 0 Å². The summed E-state index contributed by atoms with van der Waals surface area (Å²) in [5.41, 5.74) is 3.01. The van der Waals surface area contributed by atoms with E-state index in [1.807, 2.05) is 41.3 Å². The zero-order valence-corrected chi connectivity index (χ0v) is 14.0. The van der Waals surface area contributed by atoms with Crippen LogP contribution < -0.4 is 0 Å². The van der Waals surface area contributed by atoms with Gasteiger partial charge in [-0.25, -0.2) is 0 Å². The number of carbonyl (C=O) groups excluding carboxylic acids is 1. The molecule has 1 amide bonds. The van der Waals surface area contributed by atoms with E-state index in [-0.39, 0.29) is 5.91 Å². The minimum atomic E-state index is -0.0683. The van der Waals surface area contributed by atoms with Crippen molar-refractivity contribution in [3.8, 4) is 11.3 Å². The van der Waals surface area contributed by atoms with Gasteiger partial charge in [0.05, 0.1) is 0 Å². The Bertz CT molecular complexity index is 835. The largest absolute Gasteiger partial charge is 0.350 e. The summed E-state index contributed by atoms with van der Waals surface area (Å²) in [4.78, 5) is 14.5. The van der Waals surface area contributed by atoms with Crippen LogP contribution in [0.25, 0.3) is 11.3 Å². The Morgan fingerprint density at radius 2 is 1.60 bits per heavy atom. The lowest BCUT2D eigenvalue weighted by atomic mass is 9.89. The molecular weight excluding hydrogens is 312 g/mol. The maximum absolute atomic E-state index is 12.7. The van der Waals surface area contributed by atoms with E-state index >= 15 is 0 Å². The molecule has 4 rings (SSSR count). The van der Waals surface area contributed by atoms with Gasteiger partial charge in [0, 0.05) is 24.7 Å². The van der Waals surface area contributed by atoms with Crippen LogP contribution in [0.4, 0.5) is 0 Å². The normalized spacial score (nSPS) is 15.3. The molecule has 1 aromatic heterocycles. The summed E-state index contributed by atoms with van der Waals surface area (Å²) in [5, 5.41) is 4.04. The molecule has 4 nitrogen and oxygen atoms in total. The molecule has 0 unspecified atom stereocenters. The molecule has 0 spiro atoms. The van der Waals surface area contributed by atoms with Crippen molar-refractivity contribution in [3.05, 3.63) is 78.1 Å². The second-order valence-electron chi connectivity index (χ2n) is 6.42. The highest BCUT2D eigenvalue weighted by Crippen LogP contribution is 2.29. The smallest absolute Gasteiger partial charge is 0.292 e. The van der Waals surface area contributed by atoms with Gasteiger partial charge < -0.3 is 9.42 Å². The molecule has 1 aliphatic heterocycles. The van der Waals surface area contributed by atoms with Gasteiger partial charge in [-0.1, -0.05) is 65.8 Å². The van der Waals surface area contributed by atoms with Crippen LogP contribution in [0, 0.1) is 0 Å². The minimum absolute atomic E-state index is 0.0683. The number of nitrogens with zero attached hydrogens (tertiary/aromatic N) is 2. The standard InChI is InChI=1S/C21H20N2O2/c24-21(20-15-19(22-25-20)18-9-5-2-6-10-18)23-13-11-17(12-14-23)16-7-3-1-4-8-16/h1-10,15,17H,11-14H2. The first kappa shape index (κ1) is 15.6. The maximum Gasteiger partial charge on any atom is 0.292 e. The van der Waals surface area contributed by atoms with Crippen molar-refractivity contribution >= 4 is 5.91 Å². The summed E-state index contributed by atoms with van der Waals surface area (Å²) >= 11 is 0. The highest BCUT2D eigenvalue weighted by atomic mass is 16.5. The zero-order chi connectivity index (χ0) is 17.1. The second-order valence-corrected chi connectivity index (χ2v) is 6.42. The molecule has 0 atom stereocenters. The van der Waals surface area contributed by atoms with Gasteiger partial charge in [-0.3, -0.25) is 4.79 Å². The first-order valence-corrected chi connectivity index (χ1v) is 8.67. The average Bonchev–Trinajstić information content (AvgIpc) is 3.19. The lowest BCUT2D eigenvalue weighted by Gasteiger charge is -2.31. The van der Waals surface area contributed by atoms with E-state index in [4.69, 9.17) is 4.52 Å². The third-order valence-electron chi connectivity index (χ3n) is 4.84. The van der Waals surface area contributed by atoms with Gasteiger partial charge in [0.15, 0.2) is 0 Å². The molecule has 1 fully saturated rings. The molecule has 0 N–H and O–H groups in total. The quantitative estimate of drug-likeness (QED) is 0.716. The van der Waals surface area contributed by atoms with Crippen LogP contribution in [-0.2, 0) is 0 Å². The van der Waals surface area contributed by atoms with Gasteiger partial charge in [0.25, 0.3) is 5.91 Å². The van der Waals surface area contributed by atoms with E-state index in [2.05, 4.69) is 29.4 Å². The molecule has 1 saturated heterocycles. The first-order valence-electron chi connectivity index (χ1n) is 8.67. The Morgan fingerprint density at radius 1 is 0.960 bits per heavy atom. The Balaban J connectivity index is 1.42. The van der Waals surface area contributed by atoms with E-state index < -0.39 is 0 Å². The number of carbonyl (C=O) groups is 1. The molecule has 0 saturated carbocycles. The SMILES string of the molecule is O=C(c1cc(-c2ccccc2)no1)N1CCC(c2ccccc2)CC1. The third kappa shape index (κ3) is 3.33. The van der Waals surface area contributed by atoms with Crippen LogP contribution in [0.1, 0.15) is 34.9 Å². The molecule has 25 heavy (non-hydrogen) atoms. The Labute approximate surface area is 147 Å². The van der Waals surface area contributed by atoms with Gasteiger partial charge in [-0.15, -0.1) is 0 Å². The van der Waals surface area contributed by atoms with Crippen molar-refractivity contribution in [1.29, 1.82) is 0 Å². The molecular formula is C21H20N2O2. The molecule has 4 heteroatoms. The summed E-state index contributed by atoms with van der Waals surface area (Å²) < 4.78 is 5.30. The van der Waals surface area contributed by atoms with E-state index in [9.17, 15) is 4.79 Å². The van der Waals surface area contributed by atoms with E-state index in [1.54, 1.807) is 6.07 Å². The summed E-state index contributed by atoms with van der Waals surface area (Å²) in [6, 6.07) is 22.0. The third-order valence-corrected chi connectivity index (χ3v) is 4.84. The summed E-state index contributed by atoms with van der Waals surface area (Å²) in [5.74, 6) is 0.776. The van der Waals surface area contributed by atoms with Crippen LogP contribution in [-0.4, -0.2) is 29.1 Å². The van der Waals surface area contributed by atoms with Gasteiger partial charge in [0.2, 0.25) is 5.76 Å². The van der Waals surface area contributed by atoms with Gasteiger partial charge in [-0.05, 0) is 24.3 Å². The Hall–Kier alpha value is -2.88. The van der Waals surface area contributed by atoms with Crippen molar-refractivity contribution in [3.63, 3.8) is 0 Å². The second kappa shape index (κ2) is 6.93. The summed E-state index contributed by atoms with van der Waals surface area (Å²) in [6.45, 7) is 1.50. The zero-order valence-electron chi connectivity index (χ0n) is 14.0. The number of rotatable bonds is 3. The monoisotopic (exact) mass is 332 g/mol. The molecule has 2 aromatic carbocycles. The lowest BCUT2D eigenvalue weighted by molar-refractivity contribution is 0.0671. The number of hydrogen-bond donors (Lipinski definition) is 0. The highest BCUT2D eigenvalue weighted by molar-refractivity contribution is 5.92. The van der Waals surface area contributed by atoms with Crippen molar-refractivity contribution in [2.75, 3.05) is 13.1 Å². The van der Waals surface area contributed by atoms with Gasteiger partial charge in [0.1, 0.15) is 5.69 Å². The van der Waals surface area contributed by atoms with Gasteiger partial charge >= 0.3 is 0 Å². The van der Waals surface area contributed by atoms with Crippen molar-refractivity contribution in [2.45, 2.75) is 18.8 Å². The van der Waals surface area contributed by atoms with Crippen molar-refractivity contribution < 1.29 is 9.32 Å². The Morgan fingerprint density at radius 3 is 2.28 bits per heavy atom. The van der Waals surface area contributed by atoms with Gasteiger partial charge in [-0.2, -0.15) is 0 Å². The Kier molecular flexibility index (Phi) is 4.34. The van der Waals surface area contributed by atoms with E-state index in [0.717, 1.165) is 31.5 Å². The molecule has 0 radical (unpaired) electrons. The first-order chi connectivity index (χ1) is 12.3. The summed E-state index contributed by atoms with van der Waals surface area (Å²) in [6.07, 6.45) is 1.96. The predicted octanol–water partition coefficient (Wildman–Crippen LogP) is 4.36. The molecule has 2 heterocycles. The van der Waals surface area contributed by atoms with Crippen molar-refractivity contribution in [1.82, 2.24) is 10.1 Å². The fourth-order valence-electron chi connectivity index (χ4n) is 3.42. The predicted molar refractivity (Wildman–Crippen MR) is 96.3 cm³/mol. The molecule has 1 aliphatic rings. The molecule has 0 bridgehead atoms. The molecule has 3 aromatic rings. The van der Waals surface area contributed by atoms with E-state index in [0.29, 0.717) is 17.4 Å². The van der Waals surface area contributed by atoms with Crippen molar-refractivity contribution in [2.24, 2.45) is 0 Å².